The Morgan fingerprint density at radius 2 is 1.38 bits per heavy atom. The number of benzene rings is 4. The van der Waals surface area contributed by atoms with Crippen molar-refractivity contribution < 1.29 is 32.2 Å². The molecule has 4 aromatic carbocycles. The first-order chi connectivity index (χ1) is 19.2. The zero-order valence-corrected chi connectivity index (χ0v) is 21.6. The molecule has 204 valence electrons. The van der Waals surface area contributed by atoms with Gasteiger partial charge < -0.3 is 14.8 Å². The van der Waals surface area contributed by atoms with Gasteiger partial charge in [0.1, 0.15) is 11.5 Å². The normalized spacial score (nSPS) is 16.7. The summed E-state index contributed by atoms with van der Waals surface area (Å²) in [5, 5.41) is 2.77. The van der Waals surface area contributed by atoms with Gasteiger partial charge in [-0.3, -0.25) is 14.5 Å². The van der Waals surface area contributed by atoms with Crippen LogP contribution < -0.4 is 19.7 Å². The third kappa shape index (κ3) is 5.10. The second-order valence-corrected chi connectivity index (χ2v) is 9.22. The Labute approximate surface area is 229 Å². The molecule has 0 saturated heterocycles. The summed E-state index contributed by atoms with van der Waals surface area (Å²) in [7, 11) is 3.08. The number of hydrogen-bond donors (Lipinski definition) is 1. The van der Waals surface area contributed by atoms with Gasteiger partial charge in [0.15, 0.2) is 0 Å². The minimum atomic E-state index is -4.50. The molecule has 6 nitrogen and oxygen atoms in total. The molecule has 0 fully saturated rings. The van der Waals surface area contributed by atoms with E-state index in [2.05, 4.69) is 5.32 Å². The Kier molecular flexibility index (Phi) is 7.21. The number of alkyl halides is 3. The van der Waals surface area contributed by atoms with E-state index < -0.39 is 29.6 Å². The van der Waals surface area contributed by atoms with Crippen LogP contribution in [0.4, 0.5) is 24.5 Å². The second-order valence-electron chi connectivity index (χ2n) is 9.22. The number of nitrogens with zero attached hydrogens (tertiary/aromatic N) is 1. The molecular formula is C31H25F3N2O4. The highest BCUT2D eigenvalue weighted by atomic mass is 19.4. The van der Waals surface area contributed by atoms with Crippen LogP contribution in [0.25, 0.3) is 0 Å². The van der Waals surface area contributed by atoms with Gasteiger partial charge in [-0.05, 0) is 77.9 Å². The summed E-state index contributed by atoms with van der Waals surface area (Å²) in [6, 6.07) is 24.4. The number of rotatable bonds is 6. The van der Waals surface area contributed by atoms with Crippen LogP contribution in [-0.4, -0.2) is 26.0 Å². The maximum atomic E-state index is 14.0. The van der Waals surface area contributed by atoms with Gasteiger partial charge in [-0.1, -0.05) is 30.3 Å². The number of halogens is 3. The van der Waals surface area contributed by atoms with Crippen molar-refractivity contribution >= 4 is 23.2 Å². The van der Waals surface area contributed by atoms with E-state index in [-0.39, 0.29) is 11.6 Å². The van der Waals surface area contributed by atoms with Crippen LogP contribution in [0.3, 0.4) is 0 Å². The molecule has 1 aliphatic heterocycles. The lowest BCUT2D eigenvalue weighted by molar-refractivity contribution is -0.137. The number of nitrogens with one attached hydrogen (secondary N) is 1. The summed E-state index contributed by atoms with van der Waals surface area (Å²) < 4.78 is 49.8. The maximum absolute atomic E-state index is 14.0. The van der Waals surface area contributed by atoms with Crippen LogP contribution in [0.2, 0.25) is 0 Å². The predicted molar refractivity (Wildman–Crippen MR) is 145 cm³/mol. The minimum absolute atomic E-state index is 0.205. The van der Waals surface area contributed by atoms with E-state index >= 15 is 0 Å². The molecule has 0 aromatic heterocycles. The van der Waals surface area contributed by atoms with Crippen LogP contribution in [0.5, 0.6) is 11.5 Å². The highest BCUT2D eigenvalue weighted by molar-refractivity contribution is 6.12. The van der Waals surface area contributed by atoms with Gasteiger partial charge in [-0.2, -0.15) is 13.2 Å². The largest absolute Gasteiger partial charge is 0.497 e. The number of carbonyl (C=O) groups excluding carboxylic acids is 2. The van der Waals surface area contributed by atoms with E-state index in [1.807, 2.05) is 0 Å². The molecule has 0 saturated carbocycles. The van der Waals surface area contributed by atoms with Crippen LogP contribution in [0.1, 0.15) is 39.0 Å². The van der Waals surface area contributed by atoms with Crippen LogP contribution >= 0.6 is 0 Å². The first-order valence-electron chi connectivity index (χ1n) is 12.4. The van der Waals surface area contributed by atoms with E-state index in [1.165, 1.54) is 12.1 Å². The van der Waals surface area contributed by atoms with Crippen molar-refractivity contribution in [2.75, 3.05) is 24.4 Å². The van der Waals surface area contributed by atoms with Crippen LogP contribution in [-0.2, 0) is 11.0 Å². The minimum Gasteiger partial charge on any atom is -0.497 e. The molecule has 1 heterocycles. The molecule has 9 heteroatoms. The Morgan fingerprint density at radius 3 is 1.95 bits per heavy atom. The van der Waals surface area contributed by atoms with Gasteiger partial charge in [-0.15, -0.1) is 0 Å². The molecule has 5 rings (SSSR count). The van der Waals surface area contributed by atoms with Crippen LogP contribution in [0, 0.1) is 0 Å². The average Bonchev–Trinajstić information content (AvgIpc) is 2.97. The Bertz CT molecular complexity index is 1520. The zero-order chi connectivity index (χ0) is 28.4. The standard InChI is InChI=1S/C31H25F3N2O4/c1-39-23-15-7-19(8-16-23)28-27(29(37)35-21-11-9-20(10-12-21)31(32,33)34)25-5-3-4-6-26(25)30(38)36(28)22-13-17-24(40-2)18-14-22/h3-18,27-28H,1-2H3,(H,35,37)/t27-,28-/m0/s1. The van der Waals surface area contributed by atoms with Gasteiger partial charge in [-0.25, -0.2) is 0 Å². The summed E-state index contributed by atoms with van der Waals surface area (Å²) in [6.07, 6.45) is -4.50. The lowest BCUT2D eigenvalue weighted by atomic mass is 9.78. The third-order valence-corrected chi connectivity index (χ3v) is 6.91. The summed E-state index contributed by atoms with van der Waals surface area (Å²) in [5.41, 5.74) is 1.48. The van der Waals surface area contributed by atoms with Crippen LogP contribution in [0.15, 0.2) is 97.1 Å². The lowest BCUT2D eigenvalue weighted by Gasteiger charge is -2.42. The third-order valence-electron chi connectivity index (χ3n) is 6.91. The topological polar surface area (TPSA) is 67.9 Å². The number of amides is 2. The molecule has 0 bridgehead atoms. The van der Waals surface area contributed by atoms with Gasteiger partial charge in [0.25, 0.3) is 5.91 Å². The number of methoxy groups -OCH3 is 2. The SMILES string of the molecule is COc1ccc([C@H]2[C@@H](C(=O)Nc3ccc(C(F)(F)F)cc3)c3ccccc3C(=O)N2c2ccc(OC)cc2)cc1. The molecule has 0 aliphatic carbocycles. The smallest absolute Gasteiger partial charge is 0.416 e. The molecule has 1 aliphatic rings. The van der Waals surface area contributed by atoms with Crippen molar-refractivity contribution in [2.24, 2.45) is 0 Å². The molecule has 2 amide bonds. The number of carbonyl (C=O) groups is 2. The van der Waals surface area contributed by atoms with E-state index in [9.17, 15) is 22.8 Å². The first-order valence-corrected chi connectivity index (χ1v) is 12.4. The van der Waals surface area contributed by atoms with Gasteiger partial charge in [0.2, 0.25) is 5.91 Å². The van der Waals surface area contributed by atoms with E-state index in [0.717, 1.165) is 12.1 Å². The molecule has 4 aromatic rings. The average molecular weight is 547 g/mol. The van der Waals surface area contributed by atoms with E-state index in [4.69, 9.17) is 9.47 Å². The summed E-state index contributed by atoms with van der Waals surface area (Å²) in [6.45, 7) is 0. The fourth-order valence-corrected chi connectivity index (χ4v) is 4.95. The first kappa shape index (κ1) is 26.8. The monoisotopic (exact) mass is 546 g/mol. The number of anilines is 2. The molecular weight excluding hydrogens is 521 g/mol. The van der Waals surface area contributed by atoms with Crippen molar-refractivity contribution in [1.82, 2.24) is 0 Å². The van der Waals surface area contributed by atoms with Gasteiger partial charge in [0.05, 0.1) is 31.7 Å². The zero-order valence-electron chi connectivity index (χ0n) is 21.6. The summed E-state index contributed by atoms with van der Waals surface area (Å²) >= 11 is 0. The predicted octanol–water partition coefficient (Wildman–Crippen LogP) is 6.85. The summed E-state index contributed by atoms with van der Waals surface area (Å²) in [5.74, 6) is -0.454. The molecule has 40 heavy (non-hydrogen) atoms. The van der Waals surface area contributed by atoms with Crippen molar-refractivity contribution in [3.63, 3.8) is 0 Å². The molecule has 0 unspecified atom stereocenters. The Balaban J connectivity index is 1.63. The van der Waals surface area contributed by atoms with E-state index in [1.54, 1.807) is 91.9 Å². The Morgan fingerprint density at radius 1 is 0.800 bits per heavy atom. The van der Waals surface area contributed by atoms with Crippen molar-refractivity contribution in [3.05, 3.63) is 119 Å². The highest BCUT2D eigenvalue weighted by Crippen LogP contribution is 2.46. The van der Waals surface area contributed by atoms with Crippen molar-refractivity contribution in [1.29, 1.82) is 0 Å². The van der Waals surface area contributed by atoms with Crippen molar-refractivity contribution in [2.45, 2.75) is 18.1 Å². The quantitative estimate of drug-likeness (QED) is 0.287. The highest BCUT2D eigenvalue weighted by Gasteiger charge is 2.45. The maximum Gasteiger partial charge on any atom is 0.416 e. The molecule has 0 spiro atoms. The van der Waals surface area contributed by atoms with Gasteiger partial charge in [0, 0.05) is 16.9 Å². The number of hydrogen-bond acceptors (Lipinski definition) is 4. The van der Waals surface area contributed by atoms with Crippen molar-refractivity contribution in [3.8, 4) is 11.5 Å². The van der Waals surface area contributed by atoms with Gasteiger partial charge >= 0.3 is 6.18 Å². The summed E-state index contributed by atoms with van der Waals surface area (Å²) in [4.78, 5) is 29.5. The molecule has 0 radical (unpaired) electrons. The molecule has 1 N–H and O–H groups in total. The Hall–Kier alpha value is -4.79. The number of ether oxygens (including phenoxy) is 2. The fourth-order valence-electron chi connectivity index (χ4n) is 4.95. The lowest BCUT2D eigenvalue weighted by Crippen LogP contribution is -2.46. The second kappa shape index (κ2) is 10.8. The molecule has 2 atom stereocenters. The van der Waals surface area contributed by atoms with E-state index in [0.29, 0.717) is 33.9 Å². The number of fused-ring (bicyclic) bond motifs is 1. The fraction of sp³-hybridized carbons (Fsp3) is 0.161.